The van der Waals surface area contributed by atoms with E-state index in [-0.39, 0.29) is 0 Å². The van der Waals surface area contributed by atoms with Crippen molar-refractivity contribution in [2.24, 2.45) is 0 Å². The van der Waals surface area contributed by atoms with Crippen LogP contribution in [0.3, 0.4) is 0 Å². The van der Waals surface area contributed by atoms with Crippen LogP contribution in [-0.4, -0.2) is 5.16 Å². The topological polar surface area (TPSA) is 26.0 Å². The molecule has 48 valence electrons. The van der Waals surface area contributed by atoms with Gasteiger partial charge in [0.1, 0.15) is 6.26 Å². The third-order valence-corrected chi connectivity index (χ3v) is 1.75. The molecule has 0 radical (unpaired) electrons. The molecule has 1 aliphatic rings. The SMILES string of the molecule is Cc1conc1C1CC1. The van der Waals surface area contributed by atoms with Crippen molar-refractivity contribution in [1.82, 2.24) is 5.16 Å². The number of nitrogens with zero attached hydrogens (tertiary/aromatic N) is 1. The van der Waals surface area contributed by atoms with E-state index in [1.54, 1.807) is 6.26 Å². The molecule has 1 aromatic rings. The van der Waals surface area contributed by atoms with E-state index in [1.807, 2.05) is 6.92 Å². The molecule has 0 aliphatic heterocycles. The van der Waals surface area contributed by atoms with E-state index < -0.39 is 0 Å². The zero-order valence-corrected chi connectivity index (χ0v) is 5.42. The lowest BCUT2D eigenvalue weighted by atomic mass is 10.2. The Bertz CT molecular complexity index is 212. The monoisotopic (exact) mass is 123 g/mol. The summed E-state index contributed by atoms with van der Waals surface area (Å²) in [6.07, 6.45) is 4.31. The molecule has 2 rings (SSSR count). The van der Waals surface area contributed by atoms with Gasteiger partial charge in [0, 0.05) is 11.5 Å². The minimum atomic E-state index is 0.726. The fraction of sp³-hybridized carbons (Fsp3) is 0.571. The summed E-state index contributed by atoms with van der Waals surface area (Å²) in [4.78, 5) is 0. The van der Waals surface area contributed by atoms with E-state index in [2.05, 4.69) is 5.16 Å². The van der Waals surface area contributed by atoms with Crippen molar-refractivity contribution in [3.63, 3.8) is 0 Å². The van der Waals surface area contributed by atoms with Gasteiger partial charge < -0.3 is 4.52 Å². The zero-order chi connectivity index (χ0) is 6.27. The third-order valence-electron chi connectivity index (χ3n) is 1.75. The first-order chi connectivity index (χ1) is 4.38. The second-order valence-corrected chi connectivity index (χ2v) is 2.66. The summed E-state index contributed by atoms with van der Waals surface area (Å²) >= 11 is 0. The van der Waals surface area contributed by atoms with E-state index in [0.717, 1.165) is 5.92 Å². The van der Waals surface area contributed by atoms with Gasteiger partial charge in [-0.2, -0.15) is 0 Å². The second-order valence-electron chi connectivity index (χ2n) is 2.66. The highest BCUT2D eigenvalue weighted by molar-refractivity contribution is 5.20. The van der Waals surface area contributed by atoms with Crippen molar-refractivity contribution in [3.8, 4) is 0 Å². The first-order valence-electron chi connectivity index (χ1n) is 3.29. The highest BCUT2D eigenvalue weighted by Gasteiger charge is 2.27. The van der Waals surface area contributed by atoms with Crippen molar-refractivity contribution >= 4 is 0 Å². The number of aryl methyl sites for hydroxylation is 1. The number of hydrogen-bond acceptors (Lipinski definition) is 2. The van der Waals surface area contributed by atoms with Crippen LogP contribution in [0.1, 0.15) is 30.0 Å². The fourth-order valence-electron chi connectivity index (χ4n) is 1.05. The van der Waals surface area contributed by atoms with Gasteiger partial charge in [-0.05, 0) is 19.8 Å². The average molecular weight is 123 g/mol. The van der Waals surface area contributed by atoms with Crippen LogP contribution >= 0.6 is 0 Å². The van der Waals surface area contributed by atoms with E-state index in [4.69, 9.17) is 4.52 Å². The van der Waals surface area contributed by atoms with Gasteiger partial charge in [-0.15, -0.1) is 0 Å². The lowest BCUT2D eigenvalue weighted by Crippen LogP contribution is -1.79. The quantitative estimate of drug-likeness (QED) is 0.569. The molecule has 0 unspecified atom stereocenters. The van der Waals surface area contributed by atoms with Crippen LogP contribution in [0, 0.1) is 6.92 Å². The van der Waals surface area contributed by atoms with Crippen molar-refractivity contribution in [1.29, 1.82) is 0 Å². The normalized spacial score (nSPS) is 18.3. The maximum absolute atomic E-state index is 4.80. The number of hydrogen-bond donors (Lipinski definition) is 0. The molecule has 0 spiro atoms. The van der Waals surface area contributed by atoms with Crippen molar-refractivity contribution in [3.05, 3.63) is 17.5 Å². The first-order valence-corrected chi connectivity index (χ1v) is 3.29. The van der Waals surface area contributed by atoms with E-state index in [9.17, 15) is 0 Å². The van der Waals surface area contributed by atoms with E-state index in [0.29, 0.717) is 0 Å². The van der Waals surface area contributed by atoms with Crippen LogP contribution in [-0.2, 0) is 0 Å². The van der Waals surface area contributed by atoms with Crippen LogP contribution in [0.15, 0.2) is 10.8 Å². The first kappa shape index (κ1) is 5.03. The summed E-state index contributed by atoms with van der Waals surface area (Å²) in [5, 5.41) is 3.90. The van der Waals surface area contributed by atoms with Gasteiger partial charge in [0.05, 0.1) is 5.69 Å². The largest absolute Gasteiger partial charge is 0.364 e. The molecule has 1 aromatic heterocycles. The molecule has 1 fully saturated rings. The highest BCUT2D eigenvalue weighted by Crippen LogP contribution is 2.40. The van der Waals surface area contributed by atoms with Crippen LogP contribution in [0.25, 0.3) is 0 Å². The van der Waals surface area contributed by atoms with Crippen molar-refractivity contribution in [2.45, 2.75) is 25.7 Å². The molecule has 0 atom stereocenters. The highest BCUT2D eigenvalue weighted by atomic mass is 16.5. The predicted molar refractivity (Wildman–Crippen MR) is 33.2 cm³/mol. The second kappa shape index (κ2) is 1.59. The Morgan fingerprint density at radius 3 is 2.89 bits per heavy atom. The maximum atomic E-state index is 4.80. The minimum Gasteiger partial charge on any atom is -0.364 e. The maximum Gasteiger partial charge on any atom is 0.127 e. The van der Waals surface area contributed by atoms with Gasteiger partial charge in [-0.3, -0.25) is 0 Å². The minimum absolute atomic E-state index is 0.726. The molecule has 9 heavy (non-hydrogen) atoms. The molecule has 1 aliphatic carbocycles. The van der Waals surface area contributed by atoms with Crippen molar-refractivity contribution in [2.75, 3.05) is 0 Å². The van der Waals surface area contributed by atoms with Crippen LogP contribution in [0.2, 0.25) is 0 Å². The fourth-order valence-corrected chi connectivity index (χ4v) is 1.05. The van der Waals surface area contributed by atoms with Gasteiger partial charge in [0.25, 0.3) is 0 Å². The number of rotatable bonds is 1. The molecule has 0 aromatic carbocycles. The van der Waals surface area contributed by atoms with Gasteiger partial charge in [-0.1, -0.05) is 5.16 Å². The Morgan fingerprint density at radius 2 is 2.44 bits per heavy atom. The van der Waals surface area contributed by atoms with E-state index >= 15 is 0 Å². The Kier molecular flexibility index (Phi) is 0.891. The molecule has 1 saturated carbocycles. The Labute approximate surface area is 53.9 Å². The average Bonchev–Trinajstić information content (AvgIpc) is 2.58. The summed E-state index contributed by atoms with van der Waals surface area (Å²) in [5.41, 5.74) is 2.38. The molecule has 0 saturated heterocycles. The van der Waals surface area contributed by atoms with Crippen LogP contribution in [0.4, 0.5) is 0 Å². The standard InChI is InChI=1S/C7H9NO/c1-5-4-9-8-7(5)6-2-3-6/h4,6H,2-3H2,1H3. The summed E-state index contributed by atoms with van der Waals surface area (Å²) in [7, 11) is 0. The lowest BCUT2D eigenvalue weighted by Gasteiger charge is -1.85. The molecule has 0 bridgehead atoms. The summed E-state index contributed by atoms with van der Waals surface area (Å²) in [6.45, 7) is 2.05. The zero-order valence-electron chi connectivity index (χ0n) is 5.42. The van der Waals surface area contributed by atoms with Gasteiger partial charge in [-0.25, -0.2) is 0 Å². The van der Waals surface area contributed by atoms with Crippen molar-refractivity contribution < 1.29 is 4.52 Å². The molecular weight excluding hydrogens is 114 g/mol. The third kappa shape index (κ3) is 0.745. The Hall–Kier alpha value is -0.790. The van der Waals surface area contributed by atoms with Crippen LogP contribution in [0.5, 0.6) is 0 Å². The summed E-state index contributed by atoms with van der Waals surface area (Å²) in [6, 6.07) is 0. The molecule has 2 heteroatoms. The molecule has 1 heterocycles. The molecule has 2 nitrogen and oxygen atoms in total. The predicted octanol–water partition coefficient (Wildman–Crippen LogP) is 1.86. The van der Waals surface area contributed by atoms with Gasteiger partial charge >= 0.3 is 0 Å². The number of aromatic nitrogens is 1. The van der Waals surface area contributed by atoms with E-state index in [1.165, 1.54) is 24.1 Å². The van der Waals surface area contributed by atoms with Gasteiger partial charge in [0.2, 0.25) is 0 Å². The lowest BCUT2D eigenvalue weighted by molar-refractivity contribution is 0.411. The molecule has 0 amide bonds. The Balaban J connectivity index is 2.35. The van der Waals surface area contributed by atoms with Crippen LogP contribution < -0.4 is 0 Å². The van der Waals surface area contributed by atoms with Gasteiger partial charge in [0.15, 0.2) is 0 Å². The Morgan fingerprint density at radius 1 is 1.67 bits per heavy atom. The molecule has 0 N–H and O–H groups in total. The summed E-state index contributed by atoms with van der Waals surface area (Å²) < 4.78 is 4.80. The smallest absolute Gasteiger partial charge is 0.127 e. The summed E-state index contributed by atoms with van der Waals surface area (Å²) in [5.74, 6) is 0.726. The molecular formula is C7H9NO.